The van der Waals surface area contributed by atoms with Crippen molar-refractivity contribution >= 4 is 0 Å². The lowest BCUT2D eigenvalue weighted by atomic mass is 10.3. The van der Waals surface area contributed by atoms with E-state index in [1.807, 2.05) is 7.05 Å². The maximum atomic E-state index is 5.31. The molecule has 0 unspecified atom stereocenters. The number of aromatic nitrogens is 3. The average Bonchev–Trinajstić information content (AvgIpc) is 2.76. The van der Waals surface area contributed by atoms with Gasteiger partial charge < -0.3 is 10.1 Å². The maximum absolute atomic E-state index is 5.31. The molecule has 1 saturated heterocycles. The van der Waals surface area contributed by atoms with Crippen LogP contribution in [0.4, 0.5) is 0 Å². The predicted molar refractivity (Wildman–Crippen MR) is 64.6 cm³/mol. The molecule has 0 aromatic carbocycles. The number of rotatable bonds is 6. The van der Waals surface area contributed by atoms with Crippen LogP contribution < -0.4 is 5.32 Å². The number of hydrogen-bond donors (Lipinski definition) is 1. The van der Waals surface area contributed by atoms with Crippen LogP contribution in [0.2, 0.25) is 0 Å². The number of nitrogens with one attached hydrogen (secondary N) is 1. The van der Waals surface area contributed by atoms with E-state index < -0.39 is 0 Å². The van der Waals surface area contributed by atoms with Gasteiger partial charge in [0, 0.05) is 20.1 Å². The van der Waals surface area contributed by atoms with Crippen LogP contribution in [0.1, 0.15) is 12.2 Å². The lowest BCUT2D eigenvalue weighted by Crippen LogP contribution is -2.37. The molecule has 0 radical (unpaired) electrons. The van der Waals surface area contributed by atoms with Crippen molar-refractivity contribution in [2.24, 2.45) is 7.05 Å². The summed E-state index contributed by atoms with van der Waals surface area (Å²) in [6.45, 7) is 6.87. The number of hydrogen-bond acceptors (Lipinski definition) is 5. The molecule has 1 fully saturated rings. The Morgan fingerprint density at radius 2 is 2.24 bits per heavy atom. The monoisotopic (exact) mass is 239 g/mol. The third-order valence-corrected chi connectivity index (χ3v) is 3.02. The van der Waals surface area contributed by atoms with Crippen molar-refractivity contribution in [2.75, 3.05) is 39.4 Å². The van der Waals surface area contributed by atoms with Crippen LogP contribution in [0.15, 0.2) is 6.33 Å². The highest BCUT2D eigenvalue weighted by Crippen LogP contribution is 1.97. The maximum Gasteiger partial charge on any atom is 0.140 e. The molecule has 0 amide bonds. The van der Waals surface area contributed by atoms with E-state index in [0.717, 1.165) is 58.2 Å². The summed E-state index contributed by atoms with van der Waals surface area (Å²) in [5.41, 5.74) is 0. The van der Waals surface area contributed by atoms with Crippen molar-refractivity contribution in [2.45, 2.75) is 13.0 Å². The Kier molecular flexibility index (Phi) is 4.90. The average molecular weight is 239 g/mol. The van der Waals surface area contributed by atoms with E-state index in [-0.39, 0.29) is 0 Å². The third kappa shape index (κ3) is 4.07. The van der Waals surface area contributed by atoms with Crippen molar-refractivity contribution < 1.29 is 4.74 Å². The molecule has 0 spiro atoms. The fourth-order valence-corrected chi connectivity index (χ4v) is 1.93. The normalized spacial score (nSPS) is 17.5. The first kappa shape index (κ1) is 12.5. The highest BCUT2D eigenvalue weighted by molar-refractivity contribution is 4.81. The van der Waals surface area contributed by atoms with Gasteiger partial charge in [-0.2, -0.15) is 5.10 Å². The minimum atomic E-state index is 0.791. The molecule has 6 nitrogen and oxygen atoms in total. The van der Waals surface area contributed by atoms with Crippen LogP contribution in [-0.4, -0.2) is 59.1 Å². The number of morpholine rings is 1. The SMILES string of the molecule is Cn1ncnc1CNCCCN1CCOCC1. The topological polar surface area (TPSA) is 55.2 Å². The Hall–Kier alpha value is -0.980. The van der Waals surface area contributed by atoms with Crippen LogP contribution in [-0.2, 0) is 18.3 Å². The Morgan fingerprint density at radius 3 is 2.94 bits per heavy atom. The summed E-state index contributed by atoms with van der Waals surface area (Å²) in [5, 5.41) is 7.42. The second-order valence-electron chi connectivity index (χ2n) is 4.28. The van der Waals surface area contributed by atoms with Crippen LogP contribution in [0.5, 0.6) is 0 Å². The minimum absolute atomic E-state index is 0.791. The van der Waals surface area contributed by atoms with Crippen molar-refractivity contribution in [1.29, 1.82) is 0 Å². The summed E-state index contributed by atoms with van der Waals surface area (Å²) in [5.74, 6) is 0.983. The Morgan fingerprint density at radius 1 is 1.41 bits per heavy atom. The van der Waals surface area contributed by atoms with E-state index in [1.54, 1.807) is 11.0 Å². The minimum Gasteiger partial charge on any atom is -0.379 e. The summed E-state index contributed by atoms with van der Waals surface area (Å²) >= 11 is 0. The van der Waals surface area contributed by atoms with Crippen LogP contribution in [0.25, 0.3) is 0 Å². The molecule has 0 atom stereocenters. The largest absolute Gasteiger partial charge is 0.379 e. The summed E-state index contributed by atoms with van der Waals surface area (Å²) in [7, 11) is 1.91. The van der Waals surface area contributed by atoms with Gasteiger partial charge in [-0.25, -0.2) is 4.98 Å². The third-order valence-electron chi connectivity index (χ3n) is 3.02. The Bertz CT molecular complexity index is 321. The van der Waals surface area contributed by atoms with E-state index in [0.29, 0.717) is 0 Å². The lowest BCUT2D eigenvalue weighted by molar-refractivity contribution is 0.0374. The second kappa shape index (κ2) is 6.68. The molecule has 0 bridgehead atoms. The summed E-state index contributed by atoms with van der Waals surface area (Å²) in [4.78, 5) is 6.62. The van der Waals surface area contributed by atoms with Crippen molar-refractivity contribution in [3.05, 3.63) is 12.2 Å². The second-order valence-corrected chi connectivity index (χ2v) is 4.28. The molecule has 1 N–H and O–H groups in total. The van der Waals surface area contributed by atoms with Crippen molar-refractivity contribution in [3.63, 3.8) is 0 Å². The van der Waals surface area contributed by atoms with Crippen molar-refractivity contribution in [1.82, 2.24) is 25.0 Å². The number of nitrogens with zero attached hydrogens (tertiary/aromatic N) is 4. The van der Waals surface area contributed by atoms with Gasteiger partial charge in [0.05, 0.1) is 19.8 Å². The van der Waals surface area contributed by atoms with Gasteiger partial charge in [0.2, 0.25) is 0 Å². The van der Waals surface area contributed by atoms with Gasteiger partial charge in [0.25, 0.3) is 0 Å². The van der Waals surface area contributed by atoms with Crippen LogP contribution >= 0.6 is 0 Å². The first-order chi connectivity index (χ1) is 8.36. The van der Waals surface area contributed by atoms with Crippen molar-refractivity contribution in [3.8, 4) is 0 Å². The van der Waals surface area contributed by atoms with Crippen LogP contribution in [0.3, 0.4) is 0 Å². The zero-order valence-corrected chi connectivity index (χ0v) is 10.4. The van der Waals surface area contributed by atoms with Gasteiger partial charge in [-0.05, 0) is 19.5 Å². The molecule has 1 aliphatic rings. The van der Waals surface area contributed by atoms with Gasteiger partial charge in [-0.15, -0.1) is 0 Å². The first-order valence-corrected chi connectivity index (χ1v) is 6.20. The van der Waals surface area contributed by atoms with E-state index in [9.17, 15) is 0 Å². The standard InChI is InChI=1S/C11H21N5O/c1-15-11(13-10-14-15)9-12-3-2-4-16-5-7-17-8-6-16/h10,12H,2-9H2,1H3. The molecule has 0 saturated carbocycles. The van der Waals surface area contributed by atoms with Crippen LogP contribution in [0, 0.1) is 0 Å². The lowest BCUT2D eigenvalue weighted by Gasteiger charge is -2.26. The number of ether oxygens (including phenoxy) is 1. The van der Waals surface area contributed by atoms with E-state index in [2.05, 4.69) is 20.3 Å². The summed E-state index contributed by atoms with van der Waals surface area (Å²) < 4.78 is 7.11. The predicted octanol–water partition coefficient (Wildman–Crippen LogP) is -0.373. The smallest absolute Gasteiger partial charge is 0.140 e. The zero-order valence-electron chi connectivity index (χ0n) is 10.4. The molecule has 1 aromatic rings. The van der Waals surface area contributed by atoms with Gasteiger partial charge >= 0.3 is 0 Å². The molecule has 2 rings (SSSR count). The zero-order chi connectivity index (χ0) is 11.9. The summed E-state index contributed by atoms with van der Waals surface area (Å²) in [6.07, 6.45) is 2.75. The van der Waals surface area contributed by atoms with Gasteiger partial charge in [0.1, 0.15) is 12.2 Å². The molecule has 6 heteroatoms. The molecule has 1 aromatic heterocycles. The molecule has 96 valence electrons. The highest BCUT2D eigenvalue weighted by Gasteiger charge is 2.08. The van der Waals surface area contributed by atoms with Gasteiger partial charge in [-0.3, -0.25) is 9.58 Å². The highest BCUT2D eigenvalue weighted by atomic mass is 16.5. The fraction of sp³-hybridized carbons (Fsp3) is 0.818. The van der Waals surface area contributed by atoms with Gasteiger partial charge in [0.15, 0.2) is 0 Å². The molecular formula is C11H21N5O. The molecule has 0 aliphatic carbocycles. The molecule has 2 heterocycles. The summed E-state index contributed by atoms with van der Waals surface area (Å²) in [6, 6.07) is 0. The first-order valence-electron chi connectivity index (χ1n) is 6.20. The molecular weight excluding hydrogens is 218 g/mol. The fourth-order valence-electron chi connectivity index (χ4n) is 1.93. The molecule has 1 aliphatic heterocycles. The Labute approximate surface area is 102 Å². The molecule has 17 heavy (non-hydrogen) atoms. The van der Waals surface area contributed by atoms with E-state index >= 15 is 0 Å². The quantitative estimate of drug-likeness (QED) is 0.686. The number of aryl methyl sites for hydroxylation is 1. The van der Waals surface area contributed by atoms with E-state index in [4.69, 9.17) is 4.74 Å². The Balaban J connectivity index is 1.53. The van der Waals surface area contributed by atoms with E-state index in [1.165, 1.54) is 0 Å². The van der Waals surface area contributed by atoms with Gasteiger partial charge in [-0.1, -0.05) is 0 Å².